The lowest BCUT2D eigenvalue weighted by molar-refractivity contribution is -0.122. The van der Waals surface area contributed by atoms with Crippen molar-refractivity contribution in [2.24, 2.45) is 0 Å². The van der Waals surface area contributed by atoms with Gasteiger partial charge in [0.1, 0.15) is 5.75 Å². The maximum atomic E-state index is 12.4. The Kier molecular flexibility index (Phi) is 6.20. The monoisotopic (exact) mass is 383 g/mol. The third-order valence-electron chi connectivity index (χ3n) is 4.56. The van der Waals surface area contributed by atoms with Crippen molar-refractivity contribution in [2.75, 3.05) is 23.3 Å². The van der Waals surface area contributed by atoms with E-state index in [-0.39, 0.29) is 5.91 Å². The van der Waals surface area contributed by atoms with Gasteiger partial charge in [0.15, 0.2) is 6.10 Å². The highest BCUT2D eigenvalue weighted by atomic mass is 35.5. The predicted molar refractivity (Wildman–Crippen MR) is 107 cm³/mol. The van der Waals surface area contributed by atoms with Crippen molar-refractivity contribution < 1.29 is 9.53 Å². The Morgan fingerprint density at radius 3 is 2.70 bits per heavy atom. The largest absolute Gasteiger partial charge is 0.481 e. The molecule has 0 bridgehead atoms. The van der Waals surface area contributed by atoms with E-state index in [1.54, 1.807) is 37.3 Å². The highest BCUT2D eigenvalue weighted by Gasteiger charge is 2.17. The molecule has 140 valence electrons. The van der Waals surface area contributed by atoms with Crippen molar-refractivity contribution >= 4 is 28.9 Å². The molecule has 2 aromatic rings. The first kappa shape index (κ1) is 19.1. The maximum absolute atomic E-state index is 12.4. The van der Waals surface area contributed by atoms with Crippen LogP contribution in [0.4, 0.5) is 11.4 Å². The Morgan fingerprint density at radius 2 is 2.00 bits per heavy atom. The second-order valence-electron chi connectivity index (χ2n) is 6.60. The molecule has 0 saturated carbocycles. The Balaban J connectivity index is 1.62. The van der Waals surface area contributed by atoms with Gasteiger partial charge < -0.3 is 15.0 Å². The summed E-state index contributed by atoms with van der Waals surface area (Å²) >= 11 is 6.43. The Hall–Kier alpha value is -2.71. The number of hydrogen-bond donors (Lipinski definition) is 1. The fourth-order valence-electron chi connectivity index (χ4n) is 3.12. The van der Waals surface area contributed by atoms with Crippen LogP contribution in [0.3, 0.4) is 0 Å². The molecular formula is C21H22ClN3O2. The van der Waals surface area contributed by atoms with E-state index in [9.17, 15) is 4.79 Å². The zero-order valence-corrected chi connectivity index (χ0v) is 16.0. The molecule has 1 unspecified atom stereocenters. The van der Waals surface area contributed by atoms with Crippen molar-refractivity contribution in [2.45, 2.75) is 32.3 Å². The molecule has 1 fully saturated rings. The average Bonchev–Trinajstić information content (AvgIpc) is 2.69. The van der Waals surface area contributed by atoms with Crippen LogP contribution in [-0.4, -0.2) is 25.1 Å². The molecule has 1 aliphatic rings. The minimum absolute atomic E-state index is 0.279. The molecule has 1 aliphatic heterocycles. The van der Waals surface area contributed by atoms with Crippen molar-refractivity contribution in [3.05, 3.63) is 53.1 Å². The van der Waals surface area contributed by atoms with Crippen LogP contribution in [0.25, 0.3) is 0 Å². The predicted octanol–water partition coefficient (Wildman–Crippen LogP) is 4.61. The van der Waals surface area contributed by atoms with E-state index in [0.29, 0.717) is 22.0 Å². The molecule has 2 aromatic carbocycles. The number of benzene rings is 2. The summed E-state index contributed by atoms with van der Waals surface area (Å²) < 4.78 is 5.64. The second kappa shape index (κ2) is 8.79. The second-order valence-corrected chi connectivity index (χ2v) is 7.01. The standard InChI is InChI=1S/C21H22ClN3O2/c1-15(27-18-7-5-6-16(12-18)14-23)21(26)24-17-8-9-20(19(22)13-17)25-10-3-2-4-11-25/h5-9,12-13,15H,2-4,10-11H2,1H3,(H,24,26). The summed E-state index contributed by atoms with van der Waals surface area (Å²) in [5.74, 6) is 0.203. The highest BCUT2D eigenvalue weighted by Crippen LogP contribution is 2.31. The quantitative estimate of drug-likeness (QED) is 0.818. The van der Waals surface area contributed by atoms with Gasteiger partial charge in [-0.25, -0.2) is 0 Å². The van der Waals surface area contributed by atoms with E-state index in [1.807, 2.05) is 18.2 Å². The summed E-state index contributed by atoms with van der Waals surface area (Å²) in [5.41, 5.74) is 2.12. The molecule has 1 atom stereocenters. The number of carbonyl (C=O) groups excluding carboxylic acids is 1. The van der Waals surface area contributed by atoms with Gasteiger partial charge >= 0.3 is 0 Å². The number of nitriles is 1. The lowest BCUT2D eigenvalue weighted by atomic mass is 10.1. The first-order chi connectivity index (χ1) is 13.1. The van der Waals surface area contributed by atoms with Crippen LogP contribution >= 0.6 is 11.6 Å². The van der Waals surface area contributed by atoms with E-state index in [1.165, 1.54) is 19.3 Å². The molecule has 5 nitrogen and oxygen atoms in total. The van der Waals surface area contributed by atoms with Crippen molar-refractivity contribution in [3.8, 4) is 11.8 Å². The fourth-order valence-corrected chi connectivity index (χ4v) is 3.42. The normalized spacial score (nSPS) is 14.9. The molecular weight excluding hydrogens is 362 g/mol. The van der Waals surface area contributed by atoms with Crippen LogP contribution in [-0.2, 0) is 4.79 Å². The number of halogens is 1. The minimum Gasteiger partial charge on any atom is -0.481 e. The number of anilines is 2. The lowest BCUT2D eigenvalue weighted by Gasteiger charge is -2.29. The van der Waals surface area contributed by atoms with Gasteiger partial charge in [0.25, 0.3) is 5.91 Å². The zero-order chi connectivity index (χ0) is 19.2. The lowest BCUT2D eigenvalue weighted by Crippen LogP contribution is -2.30. The van der Waals surface area contributed by atoms with Crippen molar-refractivity contribution in [3.63, 3.8) is 0 Å². The number of hydrogen-bond acceptors (Lipinski definition) is 4. The number of amides is 1. The number of nitrogens with one attached hydrogen (secondary N) is 1. The smallest absolute Gasteiger partial charge is 0.265 e. The molecule has 1 saturated heterocycles. The van der Waals surface area contributed by atoms with Gasteiger partial charge in [0.05, 0.1) is 22.3 Å². The molecule has 1 heterocycles. The molecule has 1 amide bonds. The van der Waals surface area contributed by atoms with Gasteiger partial charge in [0.2, 0.25) is 0 Å². The van der Waals surface area contributed by atoms with Crippen molar-refractivity contribution in [1.82, 2.24) is 0 Å². The van der Waals surface area contributed by atoms with Gasteiger partial charge in [0, 0.05) is 18.8 Å². The number of piperidine rings is 1. The third-order valence-corrected chi connectivity index (χ3v) is 4.86. The maximum Gasteiger partial charge on any atom is 0.265 e. The number of nitrogens with zero attached hydrogens (tertiary/aromatic N) is 2. The summed E-state index contributed by atoms with van der Waals surface area (Å²) in [5, 5.41) is 12.4. The van der Waals surface area contributed by atoms with Crippen molar-refractivity contribution in [1.29, 1.82) is 5.26 Å². The summed E-state index contributed by atoms with van der Waals surface area (Å²) in [7, 11) is 0. The molecule has 6 heteroatoms. The third kappa shape index (κ3) is 4.93. The number of carbonyl (C=O) groups is 1. The molecule has 27 heavy (non-hydrogen) atoms. The summed E-state index contributed by atoms with van der Waals surface area (Å²) in [4.78, 5) is 14.7. The highest BCUT2D eigenvalue weighted by molar-refractivity contribution is 6.33. The fraction of sp³-hybridized carbons (Fsp3) is 0.333. The molecule has 0 aliphatic carbocycles. The van der Waals surface area contributed by atoms with Crippen LogP contribution in [0.2, 0.25) is 5.02 Å². The molecule has 3 rings (SSSR count). The first-order valence-electron chi connectivity index (χ1n) is 9.09. The van der Waals surface area contributed by atoms with Crippen LogP contribution in [0.1, 0.15) is 31.7 Å². The van der Waals surface area contributed by atoms with E-state index >= 15 is 0 Å². The van der Waals surface area contributed by atoms with Crippen LogP contribution in [0, 0.1) is 11.3 Å². The van der Waals surface area contributed by atoms with Crippen LogP contribution < -0.4 is 15.0 Å². The topological polar surface area (TPSA) is 65.4 Å². The van der Waals surface area contributed by atoms with Crippen LogP contribution in [0.5, 0.6) is 5.75 Å². The SMILES string of the molecule is CC(Oc1cccc(C#N)c1)C(=O)Nc1ccc(N2CCCCC2)c(Cl)c1. The minimum atomic E-state index is -0.709. The summed E-state index contributed by atoms with van der Waals surface area (Å²) in [6, 6.07) is 14.4. The molecule has 0 spiro atoms. The Labute approximate surface area is 164 Å². The van der Waals surface area contributed by atoms with Gasteiger partial charge in [-0.2, -0.15) is 5.26 Å². The van der Waals surface area contributed by atoms with Gasteiger partial charge in [-0.05, 0) is 62.6 Å². The number of ether oxygens (including phenoxy) is 1. The molecule has 1 N–H and O–H groups in total. The average molecular weight is 384 g/mol. The van der Waals surface area contributed by atoms with E-state index in [0.717, 1.165) is 18.8 Å². The van der Waals surface area contributed by atoms with E-state index in [2.05, 4.69) is 10.2 Å². The van der Waals surface area contributed by atoms with Crippen LogP contribution in [0.15, 0.2) is 42.5 Å². The first-order valence-corrected chi connectivity index (χ1v) is 9.47. The van der Waals surface area contributed by atoms with Gasteiger partial charge in [-0.3, -0.25) is 4.79 Å². The number of rotatable bonds is 5. The summed E-state index contributed by atoms with van der Waals surface area (Å²) in [6.07, 6.45) is 2.91. The zero-order valence-electron chi connectivity index (χ0n) is 15.2. The Morgan fingerprint density at radius 1 is 1.22 bits per heavy atom. The molecule has 0 aromatic heterocycles. The van der Waals surface area contributed by atoms with E-state index < -0.39 is 6.10 Å². The van der Waals surface area contributed by atoms with E-state index in [4.69, 9.17) is 21.6 Å². The van der Waals surface area contributed by atoms with Gasteiger partial charge in [-0.15, -0.1) is 0 Å². The molecule has 0 radical (unpaired) electrons. The van der Waals surface area contributed by atoms with Gasteiger partial charge in [-0.1, -0.05) is 17.7 Å². The Bertz CT molecular complexity index is 857. The summed E-state index contributed by atoms with van der Waals surface area (Å²) in [6.45, 7) is 3.69.